The van der Waals surface area contributed by atoms with E-state index in [-0.39, 0.29) is 18.9 Å². The number of carbonyl (C=O) groups excluding carboxylic acids is 2. The van der Waals surface area contributed by atoms with Crippen molar-refractivity contribution in [2.75, 3.05) is 6.54 Å². The maximum Gasteiger partial charge on any atom is 0.309 e. The van der Waals surface area contributed by atoms with Gasteiger partial charge in [-0.3, -0.25) is 9.59 Å². The highest BCUT2D eigenvalue weighted by Crippen LogP contribution is 2.23. The Balaban J connectivity index is 1.44. The van der Waals surface area contributed by atoms with Crippen LogP contribution in [0.2, 0.25) is 5.02 Å². The monoisotopic (exact) mass is 417 g/mol. The number of hydrogen-bond donors (Lipinski definition) is 2. The highest BCUT2D eigenvalue weighted by atomic mass is 35.5. The molecule has 0 unspecified atom stereocenters. The van der Waals surface area contributed by atoms with Gasteiger partial charge in [0.15, 0.2) is 0 Å². The number of benzene rings is 2. The van der Waals surface area contributed by atoms with Crippen molar-refractivity contribution in [1.82, 2.24) is 15.6 Å². The molecular formula is C20H17ClFN3O2S. The molecule has 0 aliphatic heterocycles. The van der Waals surface area contributed by atoms with E-state index in [1.165, 1.54) is 23.5 Å². The number of nitrogens with one attached hydrogen (secondary N) is 2. The zero-order valence-corrected chi connectivity index (χ0v) is 16.3. The summed E-state index contributed by atoms with van der Waals surface area (Å²) >= 11 is 7.46. The van der Waals surface area contributed by atoms with E-state index in [0.717, 1.165) is 21.8 Å². The summed E-state index contributed by atoms with van der Waals surface area (Å²) in [7, 11) is 0. The van der Waals surface area contributed by atoms with Crippen molar-refractivity contribution in [3.63, 3.8) is 0 Å². The highest BCUT2D eigenvalue weighted by Gasteiger charge is 2.13. The Morgan fingerprint density at radius 3 is 2.50 bits per heavy atom. The number of rotatable bonds is 6. The van der Waals surface area contributed by atoms with E-state index < -0.39 is 11.8 Å². The lowest BCUT2D eigenvalue weighted by Crippen LogP contribution is -2.40. The maximum absolute atomic E-state index is 13.0. The molecule has 1 heterocycles. The third-order valence-electron chi connectivity index (χ3n) is 3.91. The molecule has 2 N–H and O–H groups in total. The zero-order chi connectivity index (χ0) is 19.9. The molecule has 0 spiro atoms. The van der Waals surface area contributed by atoms with E-state index in [4.69, 9.17) is 11.6 Å². The molecular weight excluding hydrogens is 401 g/mol. The van der Waals surface area contributed by atoms with E-state index >= 15 is 0 Å². The zero-order valence-electron chi connectivity index (χ0n) is 14.7. The fourth-order valence-corrected chi connectivity index (χ4v) is 3.49. The summed E-state index contributed by atoms with van der Waals surface area (Å²) in [4.78, 5) is 28.2. The number of nitrogens with zero attached hydrogens (tertiary/aromatic N) is 1. The van der Waals surface area contributed by atoms with Crippen LogP contribution in [0, 0.1) is 5.82 Å². The average Bonchev–Trinajstić information content (AvgIpc) is 3.16. The summed E-state index contributed by atoms with van der Waals surface area (Å²) < 4.78 is 13.0. The van der Waals surface area contributed by atoms with Crippen molar-refractivity contribution >= 4 is 34.8 Å². The molecule has 0 saturated carbocycles. The van der Waals surface area contributed by atoms with Gasteiger partial charge < -0.3 is 10.6 Å². The number of thiazole rings is 1. The minimum Gasteiger partial charge on any atom is -0.347 e. The van der Waals surface area contributed by atoms with Crippen LogP contribution in [0.25, 0.3) is 10.6 Å². The van der Waals surface area contributed by atoms with Crippen molar-refractivity contribution in [3.8, 4) is 10.6 Å². The Labute approximate surface area is 170 Å². The van der Waals surface area contributed by atoms with Gasteiger partial charge in [0.1, 0.15) is 10.8 Å². The predicted octanol–water partition coefficient (Wildman–Crippen LogP) is 3.58. The average molecular weight is 418 g/mol. The molecule has 0 fully saturated rings. The van der Waals surface area contributed by atoms with Crippen LogP contribution < -0.4 is 10.6 Å². The second-order valence-corrected chi connectivity index (χ2v) is 7.20. The molecule has 5 nitrogen and oxygen atoms in total. The minimum absolute atomic E-state index is 0.180. The van der Waals surface area contributed by atoms with Gasteiger partial charge in [-0.15, -0.1) is 11.3 Å². The normalized spacial score (nSPS) is 10.5. The lowest BCUT2D eigenvalue weighted by Gasteiger charge is -2.07. The van der Waals surface area contributed by atoms with Crippen LogP contribution in [0.15, 0.2) is 53.9 Å². The fraction of sp³-hybridized carbons (Fsp3) is 0.150. The lowest BCUT2D eigenvalue weighted by molar-refractivity contribution is -0.139. The smallest absolute Gasteiger partial charge is 0.309 e. The Kier molecular flexibility index (Phi) is 6.73. The lowest BCUT2D eigenvalue weighted by atomic mass is 10.2. The second-order valence-electron chi connectivity index (χ2n) is 5.93. The summed E-state index contributed by atoms with van der Waals surface area (Å²) in [5.74, 6) is -1.72. The van der Waals surface area contributed by atoms with Crippen LogP contribution >= 0.6 is 22.9 Å². The second kappa shape index (κ2) is 9.43. The Morgan fingerprint density at radius 1 is 1.04 bits per heavy atom. The van der Waals surface area contributed by atoms with Crippen LogP contribution in [0.5, 0.6) is 0 Å². The molecule has 3 rings (SSSR count). The van der Waals surface area contributed by atoms with E-state index in [9.17, 15) is 14.0 Å². The first-order valence-electron chi connectivity index (χ1n) is 8.52. The van der Waals surface area contributed by atoms with Crippen molar-refractivity contribution in [3.05, 3.63) is 76.0 Å². The molecule has 0 radical (unpaired) electrons. The van der Waals surface area contributed by atoms with Gasteiger partial charge in [0.05, 0.1) is 5.69 Å². The van der Waals surface area contributed by atoms with Crippen LogP contribution in [0.4, 0.5) is 4.39 Å². The summed E-state index contributed by atoms with van der Waals surface area (Å²) in [5.41, 5.74) is 2.36. The van der Waals surface area contributed by atoms with Gasteiger partial charge in [-0.2, -0.15) is 0 Å². The van der Waals surface area contributed by atoms with Crippen molar-refractivity contribution in [2.24, 2.45) is 0 Å². The van der Waals surface area contributed by atoms with Crippen LogP contribution in [-0.4, -0.2) is 23.3 Å². The third kappa shape index (κ3) is 5.37. The number of carbonyl (C=O) groups is 2. The molecule has 8 heteroatoms. The first-order chi connectivity index (χ1) is 13.5. The van der Waals surface area contributed by atoms with Gasteiger partial charge in [-0.25, -0.2) is 9.37 Å². The quantitative estimate of drug-likeness (QED) is 0.602. The SMILES string of the molecule is O=C(NCCc1csc(-c2ccc(F)cc2)n1)C(=O)NCc1ccccc1Cl. The van der Waals surface area contributed by atoms with Crippen molar-refractivity contribution in [1.29, 1.82) is 0 Å². The third-order valence-corrected chi connectivity index (χ3v) is 5.22. The predicted molar refractivity (Wildman–Crippen MR) is 108 cm³/mol. The summed E-state index contributed by atoms with van der Waals surface area (Å²) in [5, 5.41) is 8.29. The Morgan fingerprint density at radius 2 is 1.75 bits per heavy atom. The molecule has 0 aliphatic carbocycles. The highest BCUT2D eigenvalue weighted by molar-refractivity contribution is 7.13. The number of aromatic nitrogens is 1. The van der Waals surface area contributed by atoms with E-state index in [1.54, 1.807) is 30.3 Å². The Hall–Kier alpha value is -2.77. The topological polar surface area (TPSA) is 71.1 Å². The molecule has 0 atom stereocenters. The van der Waals surface area contributed by atoms with E-state index in [2.05, 4.69) is 15.6 Å². The molecule has 2 aromatic carbocycles. The number of hydrogen-bond acceptors (Lipinski definition) is 4. The summed E-state index contributed by atoms with van der Waals surface area (Å²) in [6, 6.07) is 13.2. The summed E-state index contributed by atoms with van der Waals surface area (Å²) in [6.07, 6.45) is 0.487. The largest absolute Gasteiger partial charge is 0.347 e. The first-order valence-corrected chi connectivity index (χ1v) is 9.78. The van der Waals surface area contributed by atoms with Gasteiger partial charge in [-0.1, -0.05) is 29.8 Å². The standard InChI is InChI=1S/C20H17ClFN3O2S/c21-17-4-2-1-3-14(17)11-24-19(27)18(26)23-10-9-16-12-28-20(25-16)13-5-7-15(22)8-6-13/h1-8,12H,9-11H2,(H,23,26)(H,24,27). The van der Waals surface area contributed by atoms with Crippen LogP contribution in [0.3, 0.4) is 0 Å². The number of amides is 2. The fourth-order valence-electron chi connectivity index (χ4n) is 2.43. The van der Waals surface area contributed by atoms with Gasteiger partial charge in [0.25, 0.3) is 0 Å². The molecule has 3 aromatic rings. The van der Waals surface area contributed by atoms with E-state index in [0.29, 0.717) is 11.4 Å². The minimum atomic E-state index is -0.717. The maximum atomic E-state index is 13.0. The van der Waals surface area contributed by atoms with E-state index in [1.807, 2.05) is 11.4 Å². The molecule has 1 aromatic heterocycles. The molecule has 0 bridgehead atoms. The van der Waals surface area contributed by atoms with Gasteiger partial charge >= 0.3 is 11.8 Å². The van der Waals surface area contributed by atoms with Gasteiger partial charge in [-0.05, 0) is 35.9 Å². The molecule has 2 amide bonds. The van der Waals surface area contributed by atoms with Gasteiger partial charge in [0.2, 0.25) is 0 Å². The number of halogens is 2. The van der Waals surface area contributed by atoms with Gasteiger partial charge in [0, 0.05) is 35.5 Å². The van der Waals surface area contributed by atoms with Crippen LogP contribution in [-0.2, 0) is 22.6 Å². The molecule has 0 aliphatic rings. The molecule has 0 saturated heterocycles. The molecule has 28 heavy (non-hydrogen) atoms. The molecule has 144 valence electrons. The first kappa shape index (κ1) is 20.0. The van der Waals surface area contributed by atoms with Crippen LogP contribution in [0.1, 0.15) is 11.3 Å². The Bertz CT molecular complexity index is 976. The van der Waals surface area contributed by atoms with Crippen molar-refractivity contribution in [2.45, 2.75) is 13.0 Å². The summed E-state index contributed by atoms with van der Waals surface area (Å²) in [6.45, 7) is 0.462. The van der Waals surface area contributed by atoms with Crippen molar-refractivity contribution < 1.29 is 14.0 Å².